The lowest BCUT2D eigenvalue weighted by atomic mass is 9.72. The van der Waals surface area contributed by atoms with Gasteiger partial charge in [-0.05, 0) is 60.4 Å². The molecule has 3 aromatic carbocycles. The summed E-state index contributed by atoms with van der Waals surface area (Å²) in [5, 5.41) is 22.1. The van der Waals surface area contributed by atoms with Crippen LogP contribution in [0.4, 0.5) is 8.78 Å². The monoisotopic (exact) mass is 613 g/mol. The van der Waals surface area contributed by atoms with Crippen molar-refractivity contribution >= 4 is 23.5 Å². The number of amides is 1. The molecule has 228 valence electrons. The summed E-state index contributed by atoms with van der Waals surface area (Å²) in [6.07, 6.45) is -1.08. The Morgan fingerprint density at radius 3 is 2.47 bits per heavy atom. The van der Waals surface area contributed by atoms with Crippen molar-refractivity contribution in [1.82, 2.24) is 4.90 Å². The van der Waals surface area contributed by atoms with Crippen molar-refractivity contribution in [1.29, 1.82) is 0 Å². The van der Waals surface area contributed by atoms with Crippen LogP contribution in [-0.4, -0.2) is 53.0 Å². The Morgan fingerprint density at radius 1 is 1.19 bits per heavy atom. The zero-order chi connectivity index (χ0) is 31.1. The average Bonchev–Trinajstić information content (AvgIpc) is 3.26. The Morgan fingerprint density at radius 2 is 1.86 bits per heavy atom. The third-order valence-electron chi connectivity index (χ3n) is 8.84. The highest BCUT2D eigenvalue weighted by molar-refractivity contribution is 6.30. The number of carboxylic acids is 1. The Balaban J connectivity index is 1.67. The molecule has 5 rings (SSSR count). The molecule has 0 spiro atoms. The molecule has 2 heterocycles. The fraction of sp³-hybridized carbons (Fsp3) is 0.394. The lowest BCUT2D eigenvalue weighted by Gasteiger charge is -2.43. The molecule has 0 aliphatic carbocycles. The first kappa shape index (κ1) is 31.1. The van der Waals surface area contributed by atoms with E-state index in [-0.39, 0.29) is 61.3 Å². The van der Waals surface area contributed by atoms with Crippen LogP contribution in [0, 0.1) is 12.7 Å². The number of carbonyl (C=O) groups excluding carboxylic acids is 1. The third kappa shape index (κ3) is 5.44. The van der Waals surface area contributed by atoms with Gasteiger partial charge in [0.1, 0.15) is 23.2 Å². The van der Waals surface area contributed by atoms with Crippen molar-refractivity contribution in [2.45, 2.75) is 63.1 Å². The minimum absolute atomic E-state index is 0.0170. The van der Waals surface area contributed by atoms with Crippen molar-refractivity contribution in [3.05, 3.63) is 104 Å². The number of halogens is 3. The number of ether oxygens (including phenoxy) is 2. The minimum Gasteiger partial charge on any atom is -0.478 e. The largest absolute Gasteiger partial charge is 0.478 e. The van der Waals surface area contributed by atoms with E-state index < -0.39 is 41.1 Å². The summed E-state index contributed by atoms with van der Waals surface area (Å²) < 4.78 is 43.8. The molecule has 10 heteroatoms. The number of aromatic carboxylic acids is 1. The van der Waals surface area contributed by atoms with Gasteiger partial charge in [0.2, 0.25) is 0 Å². The van der Waals surface area contributed by atoms with Gasteiger partial charge in [0, 0.05) is 55.9 Å². The molecule has 3 atom stereocenters. The number of aryl methyl sites for hydroxylation is 1. The smallest absolute Gasteiger partial charge is 0.336 e. The summed E-state index contributed by atoms with van der Waals surface area (Å²) in [7, 11) is 1.44. The second-order valence-corrected chi connectivity index (χ2v) is 11.7. The molecule has 0 saturated carbocycles. The molecule has 3 unspecified atom stereocenters. The zero-order valence-corrected chi connectivity index (χ0v) is 25.0. The van der Waals surface area contributed by atoms with Crippen LogP contribution in [0.2, 0.25) is 5.02 Å². The van der Waals surface area contributed by atoms with Crippen molar-refractivity contribution in [3.63, 3.8) is 0 Å². The van der Waals surface area contributed by atoms with Crippen LogP contribution in [0.25, 0.3) is 0 Å². The molecule has 7 nitrogen and oxygen atoms in total. The van der Waals surface area contributed by atoms with Gasteiger partial charge in [0.05, 0.1) is 11.6 Å². The number of rotatable bonds is 9. The van der Waals surface area contributed by atoms with Crippen molar-refractivity contribution in [3.8, 4) is 0 Å². The van der Waals surface area contributed by atoms with Gasteiger partial charge in [0.15, 0.2) is 0 Å². The molecular weight excluding hydrogens is 580 g/mol. The van der Waals surface area contributed by atoms with Gasteiger partial charge in [-0.25, -0.2) is 13.6 Å². The molecule has 0 aromatic heterocycles. The molecular formula is C33H34ClF2NO6. The summed E-state index contributed by atoms with van der Waals surface area (Å²) >= 11 is 6.11. The maximum absolute atomic E-state index is 16.4. The Labute approximate surface area is 254 Å². The van der Waals surface area contributed by atoms with Crippen LogP contribution >= 0.6 is 11.6 Å². The number of aliphatic hydroxyl groups is 1. The molecule has 0 radical (unpaired) electrons. The predicted molar refractivity (Wildman–Crippen MR) is 156 cm³/mol. The molecule has 2 N–H and O–H groups in total. The van der Waals surface area contributed by atoms with Crippen molar-refractivity contribution in [2.75, 3.05) is 20.3 Å². The Kier molecular flexibility index (Phi) is 8.64. The Hall–Kier alpha value is -3.37. The maximum atomic E-state index is 16.4. The lowest BCUT2D eigenvalue weighted by molar-refractivity contribution is -0.155. The number of nitrogens with zero attached hydrogens (tertiary/aromatic N) is 1. The predicted octanol–water partition coefficient (Wildman–Crippen LogP) is 6.69. The fourth-order valence-electron chi connectivity index (χ4n) is 6.45. The highest BCUT2D eigenvalue weighted by atomic mass is 35.5. The van der Waals surface area contributed by atoms with Gasteiger partial charge >= 0.3 is 5.97 Å². The number of hydrogen-bond acceptors (Lipinski definition) is 5. The third-order valence-corrected chi connectivity index (χ3v) is 9.10. The zero-order valence-electron chi connectivity index (χ0n) is 24.2. The molecule has 43 heavy (non-hydrogen) atoms. The lowest BCUT2D eigenvalue weighted by Crippen LogP contribution is -2.51. The van der Waals surface area contributed by atoms with Crippen molar-refractivity contribution < 1.29 is 38.1 Å². The number of methoxy groups -OCH3 is 1. The standard InChI is InChI=1S/C33H34ClF2NO6/c1-4-33(41,32(36)11-13-43-14-12-32)22-16-25-27(26(35)17-22)28(29(42-3)20-7-9-23(34)10-8-20)37(30(25)38)18-21-6-5-19(2)15-24(21)31(39)40/h5-10,15-17,28-29,41H,4,11-14,18H2,1-3H3,(H,39,40). The van der Waals surface area contributed by atoms with Gasteiger partial charge in [-0.3, -0.25) is 4.79 Å². The number of fused-ring (bicyclic) bond motifs is 1. The number of carboxylic acid groups (broad SMARTS) is 1. The topological polar surface area (TPSA) is 96.3 Å². The highest BCUT2D eigenvalue weighted by Gasteiger charge is 2.53. The van der Waals surface area contributed by atoms with E-state index in [9.17, 15) is 19.8 Å². The SMILES string of the molecule is CCC(O)(c1cc(F)c2c(c1)C(=O)N(Cc1ccc(C)cc1C(=O)O)C2C(OC)c1ccc(Cl)cc1)C1(F)CCOCC1. The summed E-state index contributed by atoms with van der Waals surface area (Å²) in [5.41, 5.74) is -2.49. The van der Waals surface area contributed by atoms with E-state index in [0.29, 0.717) is 16.1 Å². The molecule has 0 bridgehead atoms. The minimum atomic E-state index is -2.09. The first-order valence-electron chi connectivity index (χ1n) is 14.2. The normalized spacial score (nSPS) is 20.0. The first-order valence-corrected chi connectivity index (χ1v) is 14.6. The van der Waals surface area contributed by atoms with Gasteiger partial charge in [-0.2, -0.15) is 0 Å². The number of benzene rings is 3. The molecule has 1 amide bonds. The summed E-state index contributed by atoms with van der Waals surface area (Å²) in [4.78, 5) is 27.7. The number of alkyl halides is 1. The number of carbonyl (C=O) groups is 2. The van der Waals surface area contributed by atoms with Crippen LogP contribution in [0.5, 0.6) is 0 Å². The van der Waals surface area contributed by atoms with E-state index >= 15 is 8.78 Å². The number of hydrogen-bond donors (Lipinski definition) is 2. The quantitative estimate of drug-likeness (QED) is 0.279. The van der Waals surface area contributed by atoms with E-state index in [2.05, 4.69) is 0 Å². The molecule has 2 aliphatic heterocycles. The van der Waals surface area contributed by atoms with Gasteiger partial charge in [-0.15, -0.1) is 0 Å². The van der Waals surface area contributed by atoms with Gasteiger partial charge < -0.3 is 24.6 Å². The average molecular weight is 614 g/mol. The second-order valence-electron chi connectivity index (χ2n) is 11.3. The molecule has 2 aliphatic rings. The van der Waals surface area contributed by atoms with Gasteiger partial charge in [-0.1, -0.05) is 48.4 Å². The van der Waals surface area contributed by atoms with Crippen LogP contribution in [-0.2, 0) is 21.6 Å². The van der Waals surface area contributed by atoms with E-state index in [0.717, 1.165) is 11.6 Å². The fourth-order valence-corrected chi connectivity index (χ4v) is 6.58. The van der Waals surface area contributed by atoms with Gasteiger partial charge in [0.25, 0.3) is 5.91 Å². The van der Waals surface area contributed by atoms with Crippen LogP contribution in [0.15, 0.2) is 54.6 Å². The highest BCUT2D eigenvalue weighted by Crippen LogP contribution is 2.50. The molecule has 1 saturated heterocycles. The van der Waals surface area contributed by atoms with Crippen LogP contribution < -0.4 is 0 Å². The molecule has 1 fully saturated rings. The van der Waals surface area contributed by atoms with Crippen molar-refractivity contribution in [2.24, 2.45) is 0 Å². The summed E-state index contributed by atoms with van der Waals surface area (Å²) in [5.74, 6) is -2.55. The van der Waals surface area contributed by atoms with Crippen LogP contribution in [0.1, 0.15) is 86.9 Å². The maximum Gasteiger partial charge on any atom is 0.336 e. The second kappa shape index (κ2) is 12.0. The van der Waals surface area contributed by atoms with Crippen LogP contribution in [0.3, 0.4) is 0 Å². The summed E-state index contributed by atoms with van der Waals surface area (Å²) in [6.45, 7) is 3.44. The van der Waals surface area contributed by atoms with E-state index in [1.165, 1.54) is 24.1 Å². The molecule has 3 aromatic rings. The Bertz CT molecular complexity index is 1540. The van der Waals surface area contributed by atoms with E-state index in [1.807, 2.05) is 0 Å². The first-order chi connectivity index (χ1) is 20.4. The summed E-state index contributed by atoms with van der Waals surface area (Å²) in [6, 6.07) is 13.1. The van der Waals surface area contributed by atoms with E-state index in [4.69, 9.17) is 21.1 Å². The van der Waals surface area contributed by atoms with E-state index in [1.54, 1.807) is 50.2 Å².